The number of Topliss-reactive ketones (excluding diaryl/α,β-unsaturated/α-hetero) is 1. The van der Waals surface area contributed by atoms with Crippen molar-refractivity contribution in [2.75, 3.05) is 40.6 Å². The summed E-state index contributed by atoms with van der Waals surface area (Å²) < 4.78 is 20.8. The number of ether oxygens (including phenoxy) is 4. The molecule has 2 atom stereocenters. The van der Waals surface area contributed by atoms with Crippen LogP contribution in [0.1, 0.15) is 67.2 Å². The maximum atomic E-state index is 13.8. The first-order valence-corrected chi connectivity index (χ1v) is 10.8. The standard InChI is InChI=1S/C23H42O7/c1-17(2)15-22(5,20(25)29-13-9-11-27-7)19(24)23(6,16-18(3)4)21(26)30-14-10-12-28-8/h17-18H,9-16H2,1-8H3. The van der Waals surface area contributed by atoms with Gasteiger partial charge in [-0.15, -0.1) is 0 Å². The van der Waals surface area contributed by atoms with E-state index in [1.807, 2.05) is 27.7 Å². The van der Waals surface area contributed by atoms with Gasteiger partial charge in [0.15, 0.2) is 5.78 Å². The monoisotopic (exact) mass is 430 g/mol. The Morgan fingerprint density at radius 1 is 0.667 bits per heavy atom. The number of carbonyl (C=O) groups is 3. The number of ketones is 1. The van der Waals surface area contributed by atoms with E-state index in [-0.39, 0.29) is 25.0 Å². The lowest BCUT2D eigenvalue weighted by Gasteiger charge is -2.36. The van der Waals surface area contributed by atoms with Crippen molar-refractivity contribution in [1.82, 2.24) is 0 Å². The number of rotatable bonds is 16. The van der Waals surface area contributed by atoms with Gasteiger partial charge < -0.3 is 18.9 Å². The average Bonchev–Trinajstić information content (AvgIpc) is 2.66. The summed E-state index contributed by atoms with van der Waals surface area (Å²) in [5.41, 5.74) is -2.87. The van der Waals surface area contributed by atoms with Gasteiger partial charge in [0.25, 0.3) is 0 Å². The summed E-state index contributed by atoms with van der Waals surface area (Å²) in [5, 5.41) is 0. The molecule has 0 amide bonds. The largest absolute Gasteiger partial charge is 0.465 e. The van der Waals surface area contributed by atoms with Crippen molar-refractivity contribution >= 4 is 17.7 Å². The molecule has 0 aliphatic rings. The van der Waals surface area contributed by atoms with Crippen LogP contribution in [0, 0.1) is 22.7 Å². The van der Waals surface area contributed by atoms with Crippen LogP contribution in [0.25, 0.3) is 0 Å². The minimum absolute atomic E-state index is 0.0616. The molecule has 0 spiro atoms. The molecule has 0 heterocycles. The molecule has 0 rings (SSSR count). The van der Waals surface area contributed by atoms with E-state index in [1.165, 1.54) is 0 Å². The minimum atomic E-state index is -1.43. The zero-order valence-corrected chi connectivity index (χ0v) is 20.2. The van der Waals surface area contributed by atoms with Gasteiger partial charge in [-0.1, -0.05) is 27.7 Å². The van der Waals surface area contributed by atoms with E-state index in [2.05, 4.69) is 0 Å². The Balaban J connectivity index is 5.74. The predicted molar refractivity (Wildman–Crippen MR) is 115 cm³/mol. The molecule has 7 nitrogen and oxygen atoms in total. The SMILES string of the molecule is COCCCOC(=O)C(C)(CC(C)C)C(=O)C(C)(CC(C)C)C(=O)OCCCOC. The predicted octanol–water partition coefficient (Wildman–Crippen LogP) is 3.82. The Kier molecular flexibility index (Phi) is 13.1. The minimum Gasteiger partial charge on any atom is -0.465 e. The van der Waals surface area contributed by atoms with Crippen molar-refractivity contribution in [1.29, 1.82) is 0 Å². The van der Waals surface area contributed by atoms with E-state index in [9.17, 15) is 14.4 Å². The fourth-order valence-electron chi connectivity index (χ4n) is 3.83. The normalized spacial score (nSPS) is 15.5. The second kappa shape index (κ2) is 13.8. The summed E-state index contributed by atoms with van der Waals surface area (Å²) in [6.45, 7) is 12.2. The molecule has 0 fully saturated rings. The third-order valence-electron chi connectivity index (χ3n) is 4.99. The molecule has 30 heavy (non-hydrogen) atoms. The summed E-state index contributed by atoms with van der Waals surface area (Å²) in [4.78, 5) is 39.8. The molecule has 0 aliphatic carbocycles. The van der Waals surface area contributed by atoms with E-state index in [0.29, 0.717) is 38.9 Å². The molecule has 0 N–H and O–H groups in total. The highest BCUT2D eigenvalue weighted by Crippen LogP contribution is 2.41. The maximum Gasteiger partial charge on any atom is 0.319 e. The molecule has 0 aliphatic heterocycles. The highest BCUT2D eigenvalue weighted by Gasteiger charge is 2.55. The van der Waals surface area contributed by atoms with E-state index in [1.54, 1.807) is 28.1 Å². The summed E-state index contributed by atoms with van der Waals surface area (Å²) in [6, 6.07) is 0. The van der Waals surface area contributed by atoms with Gasteiger partial charge in [0.2, 0.25) is 0 Å². The Labute approximate surface area is 182 Å². The number of hydrogen-bond donors (Lipinski definition) is 0. The first-order valence-electron chi connectivity index (χ1n) is 10.8. The molecule has 0 aromatic carbocycles. The van der Waals surface area contributed by atoms with Gasteiger partial charge in [0.1, 0.15) is 10.8 Å². The maximum absolute atomic E-state index is 13.8. The highest BCUT2D eigenvalue weighted by molar-refractivity contribution is 6.14. The Hall–Kier alpha value is -1.47. The molecule has 0 radical (unpaired) electrons. The van der Waals surface area contributed by atoms with E-state index >= 15 is 0 Å². The quantitative estimate of drug-likeness (QED) is 0.209. The summed E-state index contributed by atoms with van der Waals surface area (Å²) in [5.74, 6) is -1.51. The first kappa shape index (κ1) is 28.5. The van der Waals surface area contributed by atoms with Crippen LogP contribution >= 0.6 is 0 Å². The van der Waals surface area contributed by atoms with Gasteiger partial charge in [-0.25, -0.2) is 0 Å². The number of methoxy groups -OCH3 is 2. The number of esters is 2. The molecule has 0 aromatic heterocycles. The molecular formula is C23H42O7. The van der Waals surface area contributed by atoms with Gasteiger partial charge in [-0.3, -0.25) is 14.4 Å². The van der Waals surface area contributed by atoms with Gasteiger partial charge in [0.05, 0.1) is 13.2 Å². The molecule has 176 valence electrons. The molecule has 0 bridgehead atoms. The molecule has 7 heteroatoms. The summed E-state index contributed by atoms with van der Waals surface area (Å²) in [6.07, 6.45) is 1.66. The van der Waals surface area contributed by atoms with Crippen molar-refractivity contribution in [2.24, 2.45) is 22.7 Å². The van der Waals surface area contributed by atoms with E-state index in [4.69, 9.17) is 18.9 Å². The fraction of sp³-hybridized carbons (Fsp3) is 0.870. The van der Waals surface area contributed by atoms with Gasteiger partial charge >= 0.3 is 11.9 Å². The van der Waals surface area contributed by atoms with E-state index in [0.717, 1.165) is 0 Å². The number of carbonyl (C=O) groups excluding carboxylic acids is 3. The third-order valence-corrected chi connectivity index (χ3v) is 4.99. The van der Waals surface area contributed by atoms with Crippen LogP contribution in [0.3, 0.4) is 0 Å². The summed E-state index contributed by atoms with van der Waals surface area (Å²) >= 11 is 0. The lowest BCUT2D eigenvalue weighted by molar-refractivity contribution is -0.171. The lowest BCUT2D eigenvalue weighted by Crippen LogP contribution is -2.51. The van der Waals surface area contributed by atoms with Crippen molar-refractivity contribution in [3.63, 3.8) is 0 Å². The molecule has 0 aromatic rings. The van der Waals surface area contributed by atoms with Crippen LogP contribution in [-0.2, 0) is 33.3 Å². The Morgan fingerprint density at radius 3 is 1.27 bits per heavy atom. The van der Waals surface area contributed by atoms with Crippen LogP contribution in [0.2, 0.25) is 0 Å². The second-order valence-corrected chi connectivity index (χ2v) is 9.15. The molecule has 2 unspecified atom stereocenters. The Bertz CT molecular complexity index is 498. The van der Waals surface area contributed by atoms with Crippen LogP contribution in [0.15, 0.2) is 0 Å². The van der Waals surface area contributed by atoms with Crippen molar-refractivity contribution in [3.05, 3.63) is 0 Å². The third kappa shape index (κ3) is 8.72. The first-order chi connectivity index (χ1) is 14.0. The zero-order chi connectivity index (χ0) is 23.4. The smallest absolute Gasteiger partial charge is 0.319 e. The van der Waals surface area contributed by atoms with Gasteiger partial charge in [-0.2, -0.15) is 0 Å². The van der Waals surface area contributed by atoms with Crippen LogP contribution < -0.4 is 0 Å². The fourth-order valence-corrected chi connectivity index (χ4v) is 3.83. The molecule has 0 saturated heterocycles. The van der Waals surface area contributed by atoms with Gasteiger partial charge in [-0.05, 0) is 38.5 Å². The highest BCUT2D eigenvalue weighted by atomic mass is 16.5. The van der Waals surface area contributed by atoms with Crippen LogP contribution in [-0.4, -0.2) is 58.4 Å². The summed E-state index contributed by atoms with van der Waals surface area (Å²) in [7, 11) is 3.15. The van der Waals surface area contributed by atoms with Crippen LogP contribution in [0.5, 0.6) is 0 Å². The van der Waals surface area contributed by atoms with Crippen molar-refractivity contribution in [3.8, 4) is 0 Å². The second-order valence-electron chi connectivity index (χ2n) is 9.15. The molecule has 0 saturated carbocycles. The number of hydrogen-bond acceptors (Lipinski definition) is 7. The van der Waals surface area contributed by atoms with Crippen molar-refractivity contribution < 1.29 is 33.3 Å². The van der Waals surface area contributed by atoms with Crippen molar-refractivity contribution in [2.45, 2.75) is 67.2 Å². The molecular weight excluding hydrogens is 388 g/mol. The topological polar surface area (TPSA) is 88.1 Å². The lowest BCUT2D eigenvalue weighted by atomic mass is 9.65. The Morgan fingerprint density at radius 2 is 1.00 bits per heavy atom. The average molecular weight is 431 g/mol. The zero-order valence-electron chi connectivity index (χ0n) is 20.2. The van der Waals surface area contributed by atoms with Crippen LogP contribution in [0.4, 0.5) is 0 Å². The van der Waals surface area contributed by atoms with Gasteiger partial charge in [0, 0.05) is 40.3 Å². The van der Waals surface area contributed by atoms with E-state index < -0.39 is 28.6 Å².